The molecule has 0 unspecified atom stereocenters. The van der Waals surface area contributed by atoms with Gasteiger partial charge in [0.1, 0.15) is 0 Å². The summed E-state index contributed by atoms with van der Waals surface area (Å²) >= 11 is 0. The summed E-state index contributed by atoms with van der Waals surface area (Å²) in [6.07, 6.45) is 3.93. The summed E-state index contributed by atoms with van der Waals surface area (Å²) in [6, 6.07) is 7.36. The molecule has 1 aromatic carbocycles. The lowest BCUT2D eigenvalue weighted by molar-refractivity contribution is -0.121. The van der Waals surface area contributed by atoms with Crippen molar-refractivity contribution in [2.75, 3.05) is 19.6 Å². The van der Waals surface area contributed by atoms with Gasteiger partial charge in [-0.25, -0.2) is 0 Å². The quantitative estimate of drug-likeness (QED) is 0.718. The Hall–Kier alpha value is -1.88. The van der Waals surface area contributed by atoms with Gasteiger partial charge in [0, 0.05) is 25.1 Å². The number of hydrogen-bond acceptors (Lipinski definition) is 3. The van der Waals surface area contributed by atoms with E-state index in [0.29, 0.717) is 31.0 Å². The smallest absolute Gasteiger partial charge is 0.251 e. The zero-order chi connectivity index (χ0) is 16.5. The van der Waals surface area contributed by atoms with Gasteiger partial charge in [-0.15, -0.1) is 0 Å². The first-order valence-corrected chi connectivity index (χ1v) is 8.53. The average molecular weight is 317 g/mol. The molecule has 0 spiro atoms. The van der Waals surface area contributed by atoms with Crippen LogP contribution in [0.5, 0.6) is 0 Å². The molecule has 1 fully saturated rings. The minimum atomic E-state index is -0.0648. The average Bonchev–Trinajstić information content (AvgIpc) is 2.59. The van der Waals surface area contributed by atoms with E-state index in [1.807, 2.05) is 19.1 Å². The molecule has 2 amide bonds. The van der Waals surface area contributed by atoms with E-state index in [1.54, 1.807) is 12.1 Å². The lowest BCUT2D eigenvalue weighted by Gasteiger charge is -2.22. The van der Waals surface area contributed by atoms with Crippen molar-refractivity contribution < 1.29 is 9.59 Å². The summed E-state index contributed by atoms with van der Waals surface area (Å²) in [5, 5.41) is 9.06. The van der Waals surface area contributed by atoms with Gasteiger partial charge in [-0.3, -0.25) is 9.59 Å². The van der Waals surface area contributed by atoms with E-state index in [1.165, 1.54) is 12.8 Å². The van der Waals surface area contributed by atoms with Crippen molar-refractivity contribution in [2.24, 2.45) is 5.92 Å². The standard InChI is InChI=1S/C18H27N3O2/c1-2-20-18(23)16-6-3-15(4-7-16)13-21-17(22)8-5-14-9-11-19-12-10-14/h3-4,6-7,14,19H,2,5,8-13H2,1H3,(H,20,23)(H,21,22). The molecule has 0 bridgehead atoms. The van der Waals surface area contributed by atoms with Crippen molar-refractivity contribution in [1.82, 2.24) is 16.0 Å². The molecule has 1 aliphatic heterocycles. The van der Waals surface area contributed by atoms with Crippen LogP contribution in [0.25, 0.3) is 0 Å². The molecule has 0 saturated carbocycles. The van der Waals surface area contributed by atoms with Gasteiger partial charge in [0.05, 0.1) is 0 Å². The molecule has 0 radical (unpaired) electrons. The molecule has 2 rings (SSSR count). The van der Waals surface area contributed by atoms with Gasteiger partial charge in [-0.1, -0.05) is 12.1 Å². The molecule has 0 atom stereocenters. The van der Waals surface area contributed by atoms with Gasteiger partial charge in [-0.2, -0.15) is 0 Å². The fourth-order valence-corrected chi connectivity index (χ4v) is 2.83. The Bertz CT molecular complexity index is 508. The minimum absolute atomic E-state index is 0.0648. The minimum Gasteiger partial charge on any atom is -0.352 e. The molecule has 1 aliphatic rings. The van der Waals surface area contributed by atoms with E-state index in [4.69, 9.17) is 0 Å². The molecule has 0 aromatic heterocycles. The number of hydrogen-bond donors (Lipinski definition) is 3. The van der Waals surface area contributed by atoms with Crippen molar-refractivity contribution in [2.45, 2.75) is 39.2 Å². The van der Waals surface area contributed by atoms with E-state index in [2.05, 4.69) is 16.0 Å². The third kappa shape index (κ3) is 6.02. The maximum Gasteiger partial charge on any atom is 0.251 e. The SMILES string of the molecule is CCNC(=O)c1ccc(CNC(=O)CCC2CCNCC2)cc1. The molecule has 0 aliphatic carbocycles. The highest BCUT2D eigenvalue weighted by Crippen LogP contribution is 2.17. The van der Waals surface area contributed by atoms with E-state index >= 15 is 0 Å². The molecular weight excluding hydrogens is 290 g/mol. The number of carbonyl (C=O) groups is 2. The van der Waals surface area contributed by atoms with E-state index in [-0.39, 0.29) is 11.8 Å². The first-order valence-electron chi connectivity index (χ1n) is 8.53. The first kappa shape index (κ1) is 17.5. The van der Waals surface area contributed by atoms with Crippen LogP contribution in [0, 0.1) is 5.92 Å². The Morgan fingerprint density at radius 1 is 1.13 bits per heavy atom. The van der Waals surface area contributed by atoms with Gasteiger partial charge in [0.2, 0.25) is 5.91 Å². The van der Waals surface area contributed by atoms with Crippen LogP contribution in [0.15, 0.2) is 24.3 Å². The van der Waals surface area contributed by atoms with Crippen molar-refractivity contribution >= 4 is 11.8 Å². The Balaban J connectivity index is 1.70. The zero-order valence-electron chi connectivity index (χ0n) is 13.9. The Kier molecular flexibility index (Phi) is 7.07. The van der Waals surface area contributed by atoms with Crippen LogP contribution >= 0.6 is 0 Å². The third-order valence-electron chi connectivity index (χ3n) is 4.28. The number of carbonyl (C=O) groups excluding carboxylic acids is 2. The lowest BCUT2D eigenvalue weighted by atomic mass is 9.93. The highest BCUT2D eigenvalue weighted by atomic mass is 16.2. The summed E-state index contributed by atoms with van der Waals surface area (Å²) in [7, 11) is 0. The second-order valence-electron chi connectivity index (χ2n) is 6.07. The molecular formula is C18H27N3O2. The largest absolute Gasteiger partial charge is 0.352 e. The van der Waals surface area contributed by atoms with Crippen molar-refractivity contribution in [3.8, 4) is 0 Å². The molecule has 1 aromatic rings. The van der Waals surface area contributed by atoms with Gasteiger partial charge in [-0.05, 0) is 62.9 Å². The summed E-state index contributed by atoms with van der Waals surface area (Å²) in [4.78, 5) is 23.6. The highest BCUT2D eigenvalue weighted by Gasteiger charge is 2.14. The molecule has 126 valence electrons. The third-order valence-corrected chi connectivity index (χ3v) is 4.28. The molecule has 1 heterocycles. The molecule has 3 N–H and O–H groups in total. The Morgan fingerprint density at radius 3 is 2.48 bits per heavy atom. The second-order valence-corrected chi connectivity index (χ2v) is 6.07. The van der Waals surface area contributed by atoms with E-state index in [0.717, 1.165) is 25.1 Å². The highest BCUT2D eigenvalue weighted by molar-refractivity contribution is 5.94. The second kappa shape index (κ2) is 9.30. The summed E-state index contributed by atoms with van der Waals surface area (Å²) < 4.78 is 0. The number of benzene rings is 1. The van der Waals surface area contributed by atoms with E-state index < -0.39 is 0 Å². The van der Waals surface area contributed by atoms with Gasteiger partial charge in [0.15, 0.2) is 0 Å². The van der Waals surface area contributed by atoms with Crippen LogP contribution in [0.4, 0.5) is 0 Å². The number of piperidine rings is 1. The van der Waals surface area contributed by atoms with Crippen molar-refractivity contribution in [3.05, 3.63) is 35.4 Å². The fourth-order valence-electron chi connectivity index (χ4n) is 2.83. The monoisotopic (exact) mass is 317 g/mol. The summed E-state index contributed by atoms with van der Waals surface area (Å²) in [6.45, 7) is 5.18. The molecule has 5 nitrogen and oxygen atoms in total. The van der Waals surface area contributed by atoms with Gasteiger partial charge < -0.3 is 16.0 Å². The molecule has 1 saturated heterocycles. The van der Waals surface area contributed by atoms with E-state index in [9.17, 15) is 9.59 Å². The van der Waals surface area contributed by atoms with Crippen LogP contribution < -0.4 is 16.0 Å². The van der Waals surface area contributed by atoms with Crippen molar-refractivity contribution in [3.63, 3.8) is 0 Å². The summed E-state index contributed by atoms with van der Waals surface area (Å²) in [5.41, 5.74) is 1.65. The normalized spacial score (nSPS) is 15.2. The van der Waals surface area contributed by atoms with Crippen LogP contribution in [0.1, 0.15) is 48.5 Å². The maximum atomic E-state index is 11.9. The maximum absolute atomic E-state index is 11.9. The molecule has 23 heavy (non-hydrogen) atoms. The first-order chi connectivity index (χ1) is 11.2. The fraction of sp³-hybridized carbons (Fsp3) is 0.556. The van der Waals surface area contributed by atoms with Crippen LogP contribution in [0.2, 0.25) is 0 Å². The summed E-state index contributed by atoms with van der Waals surface area (Å²) in [5.74, 6) is 0.722. The van der Waals surface area contributed by atoms with Gasteiger partial charge >= 0.3 is 0 Å². The Labute approximate surface area is 138 Å². The zero-order valence-corrected chi connectivity index (χ0v) is 13.9. The van der Waals surface area contributed by atoms with Crippen LogP contribution in [-0.4, -0.2) is 31.4 Å². The number of amides is 2. The lowest BCUT2D eigenvalue weighted by Crippen LogP contribution is -2.29. The number of nitrogens with one attached hydrogen (secondary N) is 3. The topological polar surface area (TPSA) is 70.2 Å². The predicted octanol–water partition coefficient (Wildman–Crippen LogP) is 1.83. The van der Waals surface area contributed by atoms with Crippen LogP contribution in [0.3, 0.4) is 0 Å². The number of rotatable bonds is 7. The molecule has 5 heteroatoms. The Morgan fingerprint density at radius 2 is 1.83 bits per heavy atom. The predicted molar refractivity (Wildman–Crippen MR) is 91.1 cm³/mol. The van der Waals surface area contributed by atoms with Crippen molar-refractivity contribution in [1.29, 1.82) is 0 Å². The van der Waals surface area contributed by atoms with Crippen LogP contribution in [-0.2, 0) is 11.3 Å². The van der Waals surface area contributed by atoms with Gasteiger partial charge in [0.25, 0.3) is 5.91 Å².